The standard InChI is InChI=1S/C19H17ClN2O3S/c1-4-9-22-14-7-6-13(20)11-17(14)26-19(22)21-18(23)12-5-8-15(24-2)16(10-12)25-3/h4-8,10-11H,1,9H2,2-3H3. The molecule has 0 atom stereocenters. The fourth-order valence-electron chi connectivity index (χ4n) is 2.56. The van der Waals surface area contributed by atoms with Gasteiger partial charge in [0.05, 0.1) is 24.4 Å². The van der Waals surface area contributed by atoms with Gasteiger partial charge >= 0.3 is 0 Å². The second kappa shape index (κ2) is 7.76. The number of benzene rings is 2. The van der Waals surface area contributed by atoms with Crippen LogP contribution in [0.4, 0.5) is 0 Å². The van der Waals surface area contributed by atoms with Crippen LogP contribution in [-0.2, 0) is 6.54 Å². The third-order valence-corrected chi connectivity index (χ3v) is 5.06. The van der Waals surface area contributed by atoms with Crippen LogP contribution in [0.15, 0.2) is 54.0 Å². The molecule has 0 saturated heterocycles. The van der Waals surface area contributed by atoms with Crippen molar-refractivity contribution in [2.24, 2.45) is 4.99 Å². The van der Waals surface area contributed by atoms with E-state index in [1.165, 1.54) is 18.4 Å². The van der Waals surface area contributed by atoms with E-state index in [2.05, 4.69) is 11.6 Å². The number of methoxy groups -OCH3 is 2. The lowest BCUT2D eigenvalue weighted by molar-refractivity contribution is 0.0997. The zero-order chi connectivity index (χ0) is 18.7. The Labute approximate surface area is 159 Å². The zero-order valence-corrected chi connectivity index (χ0v) is 15.9. The van der Waals surface area contributed by atoms with E-state index in [0.29, 0.717) is 33.4 Å². The van der Waals surface area contributed by atoms with Crippen LogP contribution < -0.4 is 14.3 Å². The minimum absolute atomic E-state index is 0.360. The van der Waals surface area contributed by atoms with Crippen LogP contribution in [0.5, 0.6) is 11.5 Å². The van der Waals surface area contributed by atoms with Crippen molar-refractivity contribution in [1.29, 1.82) is 0 Å². The normalized spacial score (nSPS) is 11.6. The number of amides is 1. The molecular formula is C19H17ClN2O3S. The van der Waals surface area contributed by atoms with Gasteiger partial charge in [-0.2, -0.15) is 4.99 Å². The summed E-state index contributed by atoms with van der Waals surface area (Å²) in [6.07, 6.45) is 1.76. The molecule has 1 heterocycles. The van der Waals surface area contributed by atoms with Crippen molar-refractivity contribution in [2.75, 3.05) is 14.2 Å². The van der Waals surface area contributed by atoms with Gasteiger partial charge in [0.2, 0.25) is 0 Å². The van der Waals surface area contributed by atoms with E-state index in [4.69, 9.17) is 21.1 Å². The largest absolute Gasteiger partial charge is 0.493 e. The maximum Gasteiger partial charge on any atom is 0.279 e. The maximum atomic E-state index is 12.7. The Hall–Kier alpha value is -2.57. The Bertz CT molecular complexity index is 1050. The minimum atomic E-state index is -0.360. The average Bonchev–Trinajstić information content (AvgIpc) is 2.97. The first kappa shape index (κ1) is 18.2. The van der Waals surface area contributed by atoms with Crippen molar-refractivity contribution in [3.8, 4) is 11.5 Å². The Kier molecular flexibility index (Phi) is 5.44. The molecule has 7 heteroatoms. The Morgan fingerprint density at radius 1 is 1.23 bits per heavy atom. The Morgan fingerprint density at radius 2 is 2.00 bits per heavy atom. The van der Waals surface area contributed by atoms with Gasteiger partial charge in [-0.25, -0.2) is 0 Å². The van der Waals surface area contributed by atoms with Gasteiger partial charge in [0.1, 0.15) is 0 Å². The summed E-state index contributed by atoms with van der Waals surface area (Å²) in [5.41, 5.74) is 1.38. The number of ether oxygens (including phenoxy) is 2. The SMILES string of the molecule is C=CCn1c(=NC(=O)c2ccc(OC)c(OC)c2)sc2cc(Cl)ccc21. The molecular weight excluding hydrogens is 372 g/mol. The van der Waals surface area contributed by atoms with Gasteiger partial charge in [-0.05, 0) is 36.4 Å². The van der Waals surface area contributed by atoms with Gasteiger partial charge in [-0.1, -0.05) is 29.0 Å². The van der Waals surface area contributed by atoms with Crippen LogP contribution >= 0.6 is 22.9 Å². The second-order valence-corrected chi connectivity index (χ2v) is 6.83. The van der Waals surface area contributed by atoms with Crippen LogP contribution in [0.3, 0.4) is 0 Å². The molecule has 2 aromatic carbocycles. The molecule has 0 unspecified atom stereocenters. The molecule has 1 aromatic heterocycles. The van der Waals surface area contributed by atoms with Crippen molar-refractivity contribution in [3.63, 3.8) is 0 Å². The van der Waals surface area contributed by atoms with Crippen molar-refractivity contribution >= 4 is 39.1 Å². The third kappa shape index (κ3) is 3.52. The van der Waals surface area contributed by atoms with E-state index in [1.54, 1.807) is 31.4 Å². The summed E-state index contributed by atoms with van der Waals surface area (Å²) < 4.78 is 13.3. The molecule has 1 amide bonds. The van der Waals surface area contributed by atoms with Crippen LogP contribution in [0, 0.1) is 0 Å². The fraction of sp³-hybridized carbons (Fsp3) is 0.158. The van der Waals surface area contributed by atoms with Crippen LogP contribution in [-0.4, -0.2) is 24.7 Å². The first-order valence-corrected chi connectivity index (χ1v) is 8.97. The quantitative estimate of drug-likeness (QED) is 0.612. The second-order valence-electron chi connectivity index (χ2n) is 5.38. The van der Waals surface area contributed by atoms with Gasteiger partial charge < -0.3 is 14.0 Å². The lowest BCUT2D eigenvalue weighted by atomic mass is 10.2. The van der Waals surface area contributed by atoms with Gasteiger partial charge in [0, 0.05) is 17.1 Å². The van der Waals surface area contributed by atoms with Crippen molar-refractivity contribution in [2.45, 2.75) is 6.54 Å². The molecule has 134 valence electrons. The van der Waals surface area contributed by atoms with E-state index >= 15 is 0 Å². The maximum absolute atomic E-state index is 12.7. The average molecular weight is 389 g/mol. The molecule has 0 N–H and O–H groups in total. The highest BCUT2D eigenvalue weighted by Gasteiger charge is 2.12. The topological polar surface area (TPSA) is 52.8 Å². The molecule has 26 heavy (non-hydrogen) atoms. The first-order chi connectivity index (χ1) is 12.6. The highest BCUT2D eigenvalue weighted by atomic mass is 35.5. The lowest BCUT2D eigenvalue weighted by Crippen LogP contribution is -2.16. The van der Waals surface area contributed by atoms with E-state index in [1.807, 2.05) is 22.8 Å². The smallest absolute Gasteiger partial charge is 0.279 e. The summed E-state index contributed by atoms with van der Waals surface area (Å²) in [5.74, 6) is 0.680. The first-order valence-electron chi connectivity index (χ1n) is 7.78. The molecule has 0 radical (unpaired) electrons. The summed E-state index contributed by atoms with van der Waals surface area (Å²) in [4.78, 5) is 17.5. The lowest BCUT2D eigenvalue weighted by Gasteiger charge is -2.07. The minimum Gasteiger partial charge on any atom is -0.493 e. The number of rotatable bonds is 5. The molecule has 0 aliphatic rings. The highest BCUT2D eigenvalue weighted by Crippen LogP contribution is 2.28. The van der Waals surface area contributed by atoms with Crippen molar-refractivity contribution in [1.82, 2.24) is 4.57 Å². The molecule has 3 rings (SSSR count). The molecule has 0 spiro atoms. The number of hydrogen-bond donors (Lipinski definition) is 0. The number of carbonyl (C=O) groups is 1. The predicted molar refractivity (Wildman–Crippen MR) is 104 cm³/mol. The number of allylic oxidation sites excluding steroid dienone is 1. The number of halogens is 1. The summed E-state index contributed by atoms with van der Waals surface area (Å²) in [6.45, 7) is 4.32. The monoisotopic (exact) mass is 388 g/mol. The van der Waals surface area contributed by atoms with Gasteiger partial charge in [0.15, 0.2) is 16.3 Å². The molecule has 0 bridgehead atoms. The fourth-order valence-corrected chi connectivity index (χ4v) is 3.87. The number of nitrogens with zero attached hydrogens (tertiary/aromatic N) is 2. The van der Waals surface area contributed by atoms with E-state index in [-0.39, 0.29) is 5.91 Å². The molecule has 3 aromatic rings. The van der Waals surface area contributed by atoms with E-state index in [0.717, 1.165) is 10.2 Å². The van der Waals surface area contributed by atoms with Gasteiger partial charge in [-0.3, -0.25) is 4.79 Å². The van der Waals surface area contributed by atoms with E-state index in [9.17, 15) is 4.79 Å². The number of aromatic nitrogens is 1. The highest BCUT2D eigenvalue weighted by molar-refractivity contribution is 7.16. The molecule has 0 fully saturated rings. The third-order valence-electron chi connectivity index (χ3n) is 3.78. The number of hydrogen-bond acceptors (Lipinski definition) is 4. The summed E-state index contributed by atoms with van der Waals surface area (Å²) >= 11 is 7.48. The zero-order valence-electron chi connectivity index (χ0n) is 14.4. The van der Waals surface area contributed by atoms with Gasteiger partial charge in [0.25, 0.3) is 5.91 Å². The Morgan fingerprint density at radius 3 is 2.69 bits per heavy atom. The Balaban J connectivity index is 2.10. The number of carbonyl (C=O) groups excluding carboxylic acids is 1. The van der Waals surface area contributed by atoms with Crippen LogP contribution in [0.25, 0.3) is 10.2 Å². The molecule has 0 aliphatic carbocycles. The van der Waals surface area contributed by atoms with Crippen LogP contribution in [0.2, 0.25) is 5.02 Å². The molecule has 0 aliphatic heterocycles. The van der Waals surface area contributed by atoms with Gasteiger partial charge in [-0.15, -0.1) is 6.58 Å². The summed E-state index contributed by atoms with van der Waals surface area (Å²) in [6, 6.07) is 10.6. The summed E-state index contributed by atoms with van der Waals surface area (Å²) in [7, 11) is 3.07. The summed E-state index contributed by atoms with van der Waals surface area (Å²) in [5, 5.41) is 0.641. The molecule has 0 saturated carbocycles. The van der Waals surface area contributed by atoms with Crippen molar-refractivity contribution in [3.05, 3.63) is 64.4 Å². The predicted octanol–water partition coefficient (Wildman–Crippen LogP) is 4.30. The van der Waals surface area contributed by atoms with Crippen molar-refractivity contribution < 1.29 is 14.3 Å². The van der Waals surface area contributed by atoms with Crippen LogP contribution in [0.1, 0.15) is 10.4 Å². The number of fused-ring (bicyclic) bond motifs is 1. The van der Waals surface area contributed by atoms with E-state index < -0.39 is 0 Å². The molecule has 5 nitrogen and oxygen atoms in total. The number of thiazole rings is 1.